The normalized spacial score (nSPS) is 13.8. The van der Waals surface area contributed by atoms with Crippen molar-refractivity contribution in [2.75, 3.05) is 74.2 Å². The summed E-state index contributed by atoms with van der Waals surface area (Å²) in [4.78, 5) is 97.6. The number of aromatic nitrogens is 8. The maximum atomic E-state index is 12.6. The summed E-state index contributed by atoms with van der Waals surface area (Å²) in [5.74, 6) is 4.78. The van der Waals surface area contributed by atoms with Crippen LogP contribution in [0.25, 0.3) is 134 Å². The van der Waals surface area contributed by atoms with Gasteiger partial charge in [0.05, 0.1) is 92.8 Å². The number of fused-ring (bicyclic) bond motifs is 8. The molecule has 24 nitrogen and oxygen atoms in total. The summed E-state index contributed by atoms with van der Waals surface area (Å²) in [7, 11) is 8.17. The first-order valence-corrected chi connectivity index (χ1v) is 42.9. The Balaban J connectivity index is 0.000000117. The molecule has 8 aromatic heterocycles. The van der Waals surface area contributed by atoms with E-state index in [-0.39, 0.29) is 35.2 Å². The number of unbranched alkanes of at least 4 members (excludes halogenated alkanes) is 1. The van der Waals surface area contributed by atoms with Crippen LogP contribution in [0.3, 0.4) is 0 Å². The lowest BCUT2D eigenvalue weighted by Gasteiger charge is -2.20. The zero-order chi connectivity index (χ0) is 86.0. The van der Waals surface area contributed by atoms with Crippen molar-refractivity contribution in [3.8, 4) is 45.8 Å². The minimum absolute atomic E-state index is 0.0893. The van der Waals surface area contributed by atoms with Gasteiger partial charge in [-0.25, -0.2) is 59.0 Å². The highest BCUT2D eigenvalue weighted by Crippen LogP contribution is 2.44. The molecule has 24 heteroatoms. The monoisotopic (exact) mass is 1660 g/mol. The topological polar surface area (TPSA) is 274 Å². The van der Waals surface area contributed by atoms with E-state index in [9.17, 15) is 19.2 Å². The number of carbonyl (C=O) groups is 4. The third kappa shape index (κ3) is 18.7. The van der Waals surface area contributed by atoms with E-state index in [1.54, 1.807) is 48.5 Å². The molecular weight excluding hydrogens is 1560 g/mol. The maximum absolute atomic E-state index is 12.6. The molecule has 124 heavy (non-hydrogen) atoms. The van der Waals surface area contributed by atoms with Crippen LogP contribution in [0.1, 0.15) is 161 Å². The molecule has 0 amide bonds. The first-order chi connectivity index (χ1) is 60.0. The molecule has 0 aliphatic heterocycles. The summed E-state index contributed by atoms with van der Waals surface area (Å²) >= 11 is 0. The van der Waals surface area contributed by atoms with Gasteiger partial charge in [-0.1, -0.05) is 128 Å². The van der Waals surface area contributed by atoms with Gasteiger partial charge in [0, 0.05) is 73.9 Å². The molecule has 0 atom stereocenters. The Morgan fingerprint density at radius 1 is 0.347 bits per heavy atom. The molecule has 4 aliphatic carbocycles. The number of para-hydroxylation sites is 4. The fraction of sp³-hybridized carbons (Fsp3) is 0.320. The quantitative estimate of drug-likeness (QED) is 0.0309. The van der Waals surface area contributed by atoms with Crippen molar-refractivity contribution >= 4 is 135 Å². The summed E-state index contributed by atoms with van der Waals surface area (Å²) in [6.07, 6.45) is 11.7. The van der Waals surface area contributed by atoms with E-state index < -0.39 is 0 Å². The Hall–Kier alpha value is -13.6. The van der Waals surface area contributed by atoms with Crippen LogP contribution in [0.4, 0.5) is 23.3 Å². The van der Waals surface area contributed by atoms with Crippen LogP contribution in [0.5, 0.6) is 0 Å². The minimum atomic E-state index is -0.345. The second kappa shape index (κ2) is 35.4. The molecule has 0 bridgehead atoms. The van der Waals surface area contributed by atoms with Gasteiger partial charge in [0.15, 0.2) is 46.3 Å². The van der Waals surface area contributed by atoms with Gasteiger partial charge in [0.1, 0.15) is 45.1 Å². The first kappa shape index (κ1) is 82.7. The SMILES string of the molecule is CC(C)COC(=O)c1ccc2nc(-c3cc4ccccc4o3)c(N(C)C3CC3)nc2c1.CCCCOC(=O)c1ccc2nc(-c3cc4ccccc4o3)c(N(C)C3CC3)nc2c1.CCCOC(=O)c1ccc2nc(-c3cc4ccccc4o3)c(N(C)C3CC3)nc2c1.CN(c1nc2cc(C(=O)OCC(C)(C)C)ccc2nc1-c1cc2ccccc2o1)C1CC1. The van der Waals surface area contributed by atoms with E-state index in [0.717, 1.165) is 149 Å². The lowest BCUT2D eigenvalue weighted by molar-refractivity contribution is 0.0366. The molecule has 0 spiro atoms. The third-order valence-corrected chi connectivity index (χ3v) is 22.2. The fourth-order valence-corrected chi connectivity index (χ4v) is 14.6. The number of carbonyl (C=O) groups excluding carboxylic acids is 4. The van der Waals surface area contributed by atoms with Crippen molar-refractivity contribution in [1.29, 1.82) is 0 Å². The van der Waals surface area contributed by atoms with Crippen molar-refractivity contribution < 1.29 is 55.8 Å². The number of anilines is 4. The van der Waals surface area contributed by atoms with Crippen molar-refractivity contribution in [2.45, 2.75) is 143 Å². The van der Waals surface area contributed by atoms with E-state index in [1.165, 1.54) is 0 Å². The molecule has 8 aromatic carbocycles. The number of rotatable bonds is 24. The zero-order valence-corrected chi connectivity index (χ0v) is 71.7. The van der Waals surface area contributed by atoms with Crippen LogP contribution in [-0.2, 0) is 18.9 Å². The van der Waals surface area contributed by atoms with Gasteiger partial charge in [-0.05, 0) is 197 Å². The molecule has 4 aliphatic rings. The molecule has 4 fully saturated rings. The fourth-order valence-electron chi connectivity index (χ4n) is 14.6. The molecule has 0 unspecified atom stereocenters. The van der Waals surface area contributed by atoms with Gasteiger partial charge in [0.25, 0.3) is 0 Å². The highest BCUT2D eigenvalue weighted by Gasteiger charge is 2.36. The van der Waals surface area contributed by atoms with Crippen LogP contribution >= 0.6 is 0 Å². The Kier molecular flexibility index (Phi) is 23.6. The van der Waals surface area contributed by atoms with Crippen LogP contribution in [0.2, 0.25) is 0 Å². The highest BCUT2D eigenvalue weighted by molar-refractivity contribution is 5.99. The Bertz CT molecular complexity index is 6550. The average Bonchev–Trinajstić information content (AvgIpc) is 1.10. The van der Waals surface area contributed by atoms with Crippen molar-refractivity contribution in [3.05, 3.63) is 216 Å². The van der Waals surface area contributed by atoms with Crippen molar-refractivity contribution in [3.63, 3.8) is 0 Å². The predicted octanol–water partition coefficient (Wildman–Crippen LogP) is 22.1. The first-order valence-electron chi connectivity index (χ1n) is 42.9. The van der Waals surface area contributed by atoms with E-state index in [0.29, 0.717) is 151 Å². The van der Waals surface area contributed by atoms with Crippen molar-refractivity contribution in [2.24, 2.45) is 11.3 Å². The Labute approximate surface area is 717 Å². The number of ether oxygens (including phenoxy) is 4. The number of nitrogens with zero attached hydrogens (tertiary/aromatic N) is 12. The zero-order valence-electron chi connectivity index (χ0n) is 71.7. The van der Waals surface area contributed by atoms with E-state index in [1.807, 2.05) is 215 Å². The predicted molar refractivity (Wildman–Crippen MR) is 485 cm³/mol. The van der Waals surface area contributed by atoms with Gasteiger partial charge in [-0.3, -0.25) is 0 Å². The molecule has 16 aromatic rings. The number of hydrogen-bond acceptors (Lipinski definition) is 24. The number of hydrogen-bond donors (Lipinski definition) is 0. The molecule has 0 saturated heterocycles. The molecule has 20 rings (SSSR count). The summed E-state index contributed by atoms with van der Waals surface area (Å²) in [6, 6.07) is 62.8. The molecular formula is C100H100N12O12. The second-order valence-electron chi connectivity index (χ2n) is 34.1. The van der Waals surface area contributed by atoms with Crippen LogP contribution in [0, 0.1) is 11.3 Å². The molecule has 632 valence electrons. The molecule has 0 radical (unpaired) electrons. The minimum Gasteiger partial charge on any atom is -0.462 e. The maximum Gasteiger partial charge on any atom is 0.338 e. The molecule has 0 N–H and O–H groups in total. The van der Waals surface area contributed by atoms with Gasteiger partial charge in [-0.15, -0.1) is 0 Å². The number of benzene rings is 8. The van der Waals surface area contributed by atoms with E-state index >= 15 is 0 Å². The smallest absolute Gasteiger partial charge is 0.338 e. The van der Waals surface area contributed by atoms with Gasteiger partial charge >= 0.3 is 23.9 Å². The van der Waals surface area contributed by atoms with E-state index in [2.05, 4.69) is 26.5 Å². The van der Waals surface area contributed by atoms with E-state index in [4.69, 9.17) is 76.5 Å². The largest absolute Gasteiger partial charge is 0.462 e. The Morgan fingerprint density at radius 3 is 0.879 bits per heavy atom. The number of furan rings is 4. The number of esters is 4. The lowest BCUT2D eigenvalue weighted by atomic mass is 9.99. The second-order valence-corrected chi connectivity index (χ2v) is 34.1. The lowest BCUT2D eigenvalue weighted by Crippen LogP contribution is -2.22. The summed E-state index contributed by atoms with van der Waals surface area (Å²) in [5, 5.41) is 4.12. The summed E-state index contributed by atoms with van der Waals surface area (Å²) < 4.78 is 45.9. The van der Waals surface area contributed by atoms with Crippen molar-refractivity contribution in [1.82, 2.24) is 39.9 Å². The highest BCUT2D eigenvalue weighted by atomic mass is 16.5. The third-order valence-electron chi connectivity index (χ3n) is 22.2. The Morgan fingerprint density at radius 2 is 0.621 bits per heavy atom. The van der Waals surface area contributed by atoms with Gasteiger partial charge in [-0.2, -0.15) is 0 Å². The van der Waals surface area contributed by atoms with Gasteiger partial charge in [0.2, 0.25) is 0 Å². The standard InChI is InChI=1S/C26H27N3O3.2C25H25N3O3.C24H23N3O3/c1-26(2,3)15-31-25(30)17-9-12-19-20(13-17)28-24(29(4)18-10-11-18)23(27-19)22-14-16-7-5-6-8-21(16)32-22;1-15(2)14-30-25(29)17-8-11-19-20(12-17)27-24(28(3)18-9-10-18)23(26-19)22-13-16-6-4-5-7-21(16)31-22;1-3-4-13-30-25(29)17-9-12-19-20(14-17)27-24(28(2)18-10-11-18)23(26-19)22-15-16-7-5-6-8-21(16)31-22;1-3-12-29-24(28)16-8-11-18-19(13-16)26-23(27(2)17-9-10-17)22(25-18)21-14-15-6-4-5-7-20(15)30-21/h5-9,12-14,18H,10-11,15H2,1-4H3;4-8,11-13,15,18H,9-10,14H2,1-3H3;5-9,12,14-15,18H,3-4,10-11,13H2,1-2H3;4-8,11,13-14,17H,3,9-10,12H2,1-2H3. The van der Waals surface area contributed by atoms with Crippen LogP contribution in [0.15, 0.2) is 212 Å². The average molecular weight is 1660 g/mol. The molecule has 8 heterocycles. The summed E-state index contributed by atoms with van der Waals surface area (Å²) in [5.41, 5.74) is 13.5. The molecule has 4 saturated carbocycles. The summed E-state index contributed by atoms with van der Waals surface area (Å²) in [6.45, 7) is 15.7. The van der Waals surface area contributed by atoms with Gasteiger partial charge < -0.3 is 56.2 Å². The van der Waals surface area contributed by atoms with Crippen LogP contribution < -0.4 is 19.6 Å². The van der Waals surface area contributed by atoms with Crippen LogP contribution in [-0.4, -0.2) is 143 Å².